The molecule has 27 heavy (non-hydrogen) atoms. The maximum Gasteiger partial charge on any atom is 0.251 e. The molecular formula is C20H28N4O2S. The van der Waals surface area contributed by atoms with E-state index in [0.29, 0.717) is 31.1 Å². The molecule has 1 heterocycles. The van der Waals surface area contributed by atoms with Crippen molar-refractivity contribution in [1.82, 2.24) is 16.0 Å². The van der Waals surface area contributed by atoms with Crippen molar-refractivity contribution in [2.24, 2.45) is 4.99 Å². The lowest BCUT2D eigenvalue weighted by Gasteiger charge is -2.13. The van der Waals surface area contributed by atoms with Gasteiger partial charge in [-0.05, 0) is 53.6 Å². The Morgan fingerprint density at radius 1 is 1.15 bits per heavy atom. The van der Waals surface area contributed by atoms with Gasteiger partial charge < -0.3 is 20.7 Å². The van der Waals surface area contributed by atoms with E-state index in [1.54, 1.807) is 42.7 Å². The van der Waals surface area contributed by atoms with E-state index in [1.165, 1.54) is 5.56 Å². The number of hydrogen-bond donors (Lipinski definition) is 3. The molecular weight excluding hydrogens is 360 g/mol. The molecule has 0 radical (unpaired) electrons. The Kier molecular flexibility index (Phi) is 8.64. The molecule has 1 aromatic heterocycles. The maximum atomic E-state index is 12.1. The molecule has 146 valence electrons. The van der Waals surface area contributed by atoms with Gasteiger partial charge in [0.15, 0.2) is 5.96 Å². The highest BCUT2D eigenvalue weighted by molar-refractivity contribution is 7.07. The second-order valence-corrected chi connectivity index (χ2v) is 6.87. The number of carbonyl (C=O) groups excluding carboxylic acids is 1. The fourth-order valence-corrected chi connectivity index (χ4v) is 3.21. The summed E-state index contributed by atoms with van der Waals surface area (Å²) in [5, 5.41) is 13.6. The number of amides is 1. The third-order valence-electron chi connectivity index (χ3n) is 4.03. The van der Waals surface area contributed by atoms with Crippen LogP contribution in [0.3, 0.4) is 0 Å². The van der Waals surface area contributed by atoms with Gasteiger partial charge in [0.25, 0.3) is 5.91 Å². The number of nitrogens with zero attached hydrogens (tertiary/aromatic N) is 1. The highest BCUT2D eigenvalue weighted by atomic mass is 32.1. The standard InChI is InChI=1S/C20H28N4O2S/c1-4-21-20(24-13-15(2)17-9-12-27-14-17)23-11-10-22-19(25)16-5-7-18(26-3)8-6-16/h5-9,12,14-15H,4,10-11,13H2,1-3H3,(H,22,25)(H2,21,23,24). The maximum absolute atomic E-state index is 12.1. The molecule has 1 unspecified atom stereocenters. The number of guanidine groups is 1. The smallest absolute Gasteiger partial charge is 0.251 e. The number of nitrogens with one attached hydrogen (secondary N) is 3. The van der Waals surface area contributed by atoms with Crippen molar-refractivity contribution in [1.29, 1.82) is 0 Å². The molecule has 0 aliphatic heterocycles. The largest absolute Gasteiger partial charge is 0.497 e. The van der Waals surface area contributed by atoms with Gasteiger partial charge in [-0.3, -0.25) is 9.79 Å². The van der Waals surface area contributed by atoms with Gasteiger partial charge in [-0.2, -0.15) is 11.3 Å². The Hall–Kier alpha value is -2.54. The van der Waals surface area contributed by atoms with Gasteiger partial charge in [-0.15, -0.1) is 0 Å². The van der Waals surface area contributed by atoms with Crippen LogP contribution in [0.25, 0.3) is 0 Å². The molecule has 0 saturated carbocycles. The van der Waals surface area contributed by atoms with Crippen molar-refractivity contribution < 1.29 is 9.53 Å². The fraction of sp³-hybridized carbons (Fsp3) is 0.400. The summed E-state index contributed by atoms with van der Waals surface area (Å²) in [7, 11) is 1.60. The van der Waals surface area contributed by atoms with Gasteiger partial charge in [0, 0.05) is 37.7 Å². The first kappa shape index (κ1) is 20.8. The SMILES string of the molecule is CCNC(=NCC(C)c1ccsc1)NCCNC(=O)c1ccc(OC)cc1. The number of thiophene rings is 1. The number of benzene rings is 1. The van der Waals surface area contributed by atoms with E-state index in [4.69, 9.17) is 4.74 Å². The average molecular weight is 389 g/mol. The minimum atomic E-state index is -0.104. The molecule has 0 aliphatic rings. The summed E-state index contributed by atoms with van der Waals surface area (Å²) in [6.45, 7) is 6.81. The number of hydrogen-bond acceptors (Lipinski definition) is 4. The molecule has 0 saturated heterocycles. The molecule has 6 nitrogen and oxygen atoms in total. The monoisotopic (exact) mass is 388 g/mol. The predicted molar refractivity (Wildman–Crippen MR) is 112 cm³/mol. The van der Waals surface area contributed by atoms with Crippen LogP contribution in [0.4, 0.5) is 0 Å². The quantitative estimate of drug-likeness (QED) is 0.351. The number of aliphatic imine (C=N–C) groups is 1. The fourth-order valence-electron chi connectivity index (χ4n) is 2.43. The van der Waals surface area contributed by atoms with Crippen LogP contribution in [0, 0.1) is 0 Å². The molecule has 2 rings (SSSR count). The summed E-state index contributed by atoms with van der Waals surface area (Å²) >= 11 is 1.71. The van der Waals surface area contributed by atoms with Crippen LogP contribution in [0.1, 0.15) is 35.7 Å². The lowest BCUT2D eigenvalue weighted by Crippen LogP contribution is -2.41. The van der Waals surface area contributed by atoms with E-state index >= 15 is 0 Å². The number of ether oxygens (including phenoxy) is 1. The van der Waals surface area contributed by atoms with E-state index in [9.17, 15) is 4.79 Å². The van der Waals surface area contributed by atoms with Crippen LogP contribution in [0.15, 0.2) is 46.1 Å². The zero-order valence-electron chi connectivity index (χ0n) is 16.1. The van der Waals surface area contributed by atoms with E-state index < -0.39 is 0 Å². The van der Waals surface area contributed by atoms with E-state index in [0.717, 1.165) is 18.3 Å². The predicted octanol–water partition coefficient (Wildman–Crippen LogP) is 2.85. The summed E-state index contributed by atoms with van der Waals surface area (Å²) in [6.07, 6.45) is 0. The third-order valence-corrected chi connectivity index (χ3v) is 4.74. The molecule has 0 fully saturated rings. The van der Waals surface area contributed by atoms with Crippen LogP contribution >= 0.6 is 11.3 Å². The molecule has 1 amide bonds. The van der Waals surface area contributed by atoms with Crippen molar-refractivity contribution in [3.05, 3.63) is 52.2 Å². The van der Waals surface area contributed by atoms with Crippen molar-refractivity contribution in [3.8, 4) is 5.75 Å². The highest BCUT2D eigenvalue weighted by Crippen LogP contribution is 2.18. The molecule has 0 aliphatic carbocycles. The zero-order chi connectivity index (χ0) is 19.5. The summed E-state index contributed by atoms with van der Waals surface area (Å²) < 4.78 is 5.10. The Morgan fingerprint density at radius 3 is 2.52 bits per heavy atom. The Morgan fingerprint density at radius 2 is 1.89 bits per heavy atom. The van der Waals surface area contributed by atoms with E-state index in [1.807, 2.05) is 6.92 Å². The van der Waals surface area contributed by atoms with Crippen LogP contribution in [-0.2, 0) is 0 Å². The minimum Gasteiger partial charge on any atom is -0.497 e. The molecule has 1 aromatic carbocycles. The van der Waals surface area contributed by atoms with Crippen LogP contribution in [-0.4, -0.2) is 45.2 Å². The molecule has 3 N–H and O–H groups in total. The van der Waals surface area contributed by atoms with Crippen molar-refractivity contribution in [3.63, 3.8) is 0 Å². The third kappa shape index (κ3) is 6.94. The molecule has 7 heteroatoms. The van der Waals surface area contributed by atoms with Gasteiger partial charge >= 0.3 is 0 Å². The first-order chi connectivity index (χ1) is 13.1. The summed E-state index contributed by atoms with van der Waals surface area (Å²) in [4.78, 5) is 16.8. The molecule has 0 spiro atoms. The van der Waals surface area contributed by atoms with Crippen molar-refractivity contribution in [2.45, 2.75) is 19.8 Å². The normalized spacial score (nSPS) is 12.3. The summed E-state index contributed by atoms with van der Waals surface area (Å²) in [5.41, 5.74) is 1.92. The lowest BCUT2D eigenvalue weighted by molar-refractivity contribution is 0.0954. The van der Waals surface area contributed by atoms with Crippen LogP contribution in [0.2, 0.25) is 0 Å². The lowest BCUT2D eigenvalue weighted by atomic mass is 10.1. The van der Waals surface area contributed by atoms with Crippen LogP contribution in [0.5, 0.6) is 5.75 Å². The Labute approximate surface area is 165 Å². The van der Waals surface area contributed by atoms with Gasteiger partial charge in [0.2, 0.25) is 0 Å². The van der Waals surface area contributed by atoms with Crippen LogP contribution < -0.4 is 20.7 Å². The van der Waals surface area contributed by atoms with E-state index in [-0.39, 0.29) is 5.91 Å². The van der Waals surface area contributed by atoms with Crippen molar-refractivity contribution >= 4 is 23.2 Å². The van der Waals surface area contributed by atoms with Gasteiger partial charge in [-0.1, -0.05) is 6.92 Å². The Balaban J connectivity index is 1.76. The van der Waals surface area contributed by atoms with Crippen molar-refractivity contribution in [2.75, 3.05) is 33.3 Å². The second-order valence-electron chi connectivity index (χ2n) is 6.09. The summed E-state index contributed by atoms with van der Waals surface area (Å²) in [6, 6.07) is 9.19. The Bertz CT molecular complexity index is 714. The number of methoxy groups -OCH3 is 1. The first-order valence-corrected chi connectivity index (χ1v) is 10.0. The zero-order valence-corrected chi connectivity index (χ0v) is 16.9. The average Bonchev–Trinajstić information content (AvgIpc) is 3.24. The van der Waals surface area contributed by atoms with Gasteiger partial charge in [-0.25, -0.2) is 0 Å². The number of carbonyl (C=O) groups is 1. The van der Waals surface area contributed by atoms with Gasteiger partial charge in [0.1, 0.15) is 5.75 Å². The first-order valence-electron chi connectivity index (χ1n) is 9.10. The summed E-state index contributed by atoms with van der Waals surface area (Å²) in [5.74, 6) is 1.77. The molecule has 0 bridgehead atoms. The number of rotatable bonds is 9. The topological polar surface area (TPSA) is 74.8 Å². The molecule has 1 atom stereocenters. The minimum absolute atomic E-state index is 0.104. The van der Waals surface area contributed by atoms with Gasteiger partial charge in [0.05, 0.1) is 7.11 Å². The van der Waals surface area contributed by atoms with E-state index in [2.05, 4.69) is 44.7 Å². The molecule has 2 aromatic rings. The second kappa shape index (κ2) is 11.2. The highest BCUT2D eigenvalue weighted by Gasteiger charge is 2.07.